The summed E-state index contributed by atoms with van der Waals surface area (Å²) in [7, 11) is 3.27. The number of hydrogen-bond donors (Lipinski definition) is 2. The van der Waals surface area contributed by atoms with Crippen LogP contribution in [-0.4, -0.2) is 39.3 Å². The Morgan fingerprint density at radius 1 is 1.07 bits per heavy atom. The van der Waals surface area contributed by atoms with Crippen LogP contribution in [0.2, 0.25) is 0 Å². The van der Waals surface area contributed by atoms with E-state index in [0.29, 0.717) is 13.0 Å². The molecule has 1 fully saturated rings. The van der Waals surface area contributed by atoms with Gasteiger partial charge in [-0.25, -0.2) is 0 Å². The molecule has 1 unspecified atom stereocenters. The van der Waals surface area contributed by atoms with Gasteiger partial charge in [-0.2, -0.15) is 0 Å². The summed E-state index contributed by atoms with van der Waals surface area (Å²) < 4.78 is 10.6. The van der Waals surface area contributed by atoms with Crippen LogP contribution < -0.4 is 25.0 Å². The highest BCUT2D eigenvalue weighted by molar-refractivity contribution is 5.91. The van der Waals surface area contributed by atoms with Crippen molar-refractivity contribution in [2.24, 2.45) is 0 Å². The van der Waals surface area contributed by atoms with Crippen molar-refractivity contribution < 1.29 is 14.3 Å². The minimum Gasteiger partial charge on any atom is -0.497 e. The van der Waals surface area contributed by atoms with Crippen molar-refractivity contribution in [3.05, 3.63) is 48.0 Å². The fourth-order valence-corrected chi connectivity index (χ4v) is 3.58. The lowest BCUT2D eigenvalue weighted by atomic mass is 10.1. The summed E-state index contributed by atoms with van der Waals surface area (Å²) in [5.74, 6) is 1.51. The van der Waals surface area contributed by atoms with Gasteiger partial charge in [-0.05, 0) is 55.7 Å². The predicted molar refractivity (Wildman–Crippen MR) is 117 cm³/mol. The van der Waals surface area contributed by atoms with Crippen LogP contribution >= 0.6 is 0 Å². The molecular weight excluding hydrogens is 366 g/mol. The van der Waals surface area contributed by atoms with Gasteiger partial charge in [0.2, 0.25) is 5.91 Å². The molecule has 0 spiro atoms. The van der Waals surface area contributed by atoms with Gasteiger partial charge in [0.15, 0.2) is 0 Å². The number of rotatable bonds is 9. The number of methoxy groups -OCH3 is 2. The second-order valence-corrected chi connectivity index (χ2v) is 7.50. The molecule has 0 bridgehead atoms. The van der Waals surface area contributed by atoms with E-state index in [-0.39, 0.29) is 11.9 Å². The van der Waals surface area contributed by atoms with E-state index in [4.69, 9.17) is 9.47 Å². The number of nitrogens with one attached hydrogen (secondary N) is 2. The summed E-state index contributed by atoms with van der Waals surface area (Å²) in [6.45, 7) is 4.82. The lowest BCUT2D eigenvalue weighted by molar-refractivity contribution is -0.116. The molecule has 3 rings (SSSR count). The summed E-state index contributed by atoms with van der Waals surface area (Å²) in [5, 5.41) is 6.42. The Hall–Kier alpha value is -2.73. The average molecular weight is 398 g/mol. The third-order valence-electron chi connectivity index (χ3n) is 5.16. The monoisotopic (exact) mass is 397 g/mol. The topological polar surface area (TPSA) is 62.8 Å². The zero-order valence-corrected chi connectivity index (χ0v) is 17.5. The lowest BCUT2D eigenvalue weighted by Gasteiger charge is -2.19. The van der Waals surface area contributed by atoms with Crippen LogP contribution in [0.5, 0.6) is 11.5 Å². The van der Waals surface area contributed by atoms with E-state index in [1.165, 1.54) is 18.5 Å². The fraction of sp³-hybridized carbons (Fsp3) is 0.435. The molecule has 6 heteroatoms. The first-order chi connectivity index (χ1) is 14.1. The number of amides is 1. The number of anilines is 2. The third-order valence-corrected chi connectivity index (χ3v) is 5.16. The first-order valence-corrected chi connectivity index (χ1v) is 10.2. The summed E-state index contributed by atoms with van der Waals surface area (Å²) in [6, 6.07) is 13.9. The molecule has 29 heavy (non-hydrogen) atoms. The van der Waals surface area contributed by atoms with Crippen molar-refractivity contribution >= 4 is 17.3 Å². The van der Waals surface area contributed by atoms with E-state index >= 15 is 0 Å². The highest BCUT2D eigenvalue weighted by atomic mass is 16.5. The molecule has 0 aliphatic carbocycles. The summed E-state index contributed by atoms with van der Waals surface area (Å²) in [5.41, 5.74) is 3.08. The minimum absolute atomic E-state index is 0.00629. The molecule has 2 aromatic carbocycles. The smallest absolute Gasteiger partial charge is 0.225 e. The number of nitrogens with zero attached hydrogens (tertiary/aromatic N) is 1. The maximum absolute atomic E-state index is 12.5. The molecule has 1 atom stereocenters. The van der Waals surface area contributed by atoms with Gasteiger partial charge < -0.3 is 25.0 Å². The van der Waals surface area contributed by atoms with Crippen LogP contribution in [0.15, 0.2) is 42.5 Å². The molecule has 0 saturated carbocycles. The molecule has 2 aromatic rings. The van der Waals surface area contributed by atoms with Crippen molar-refractivity contribution in [2.75, 3.05) is 37.5 Å². The van der Waals surface area contributed by atoms with Gasteiger partial charge in [0.05, 0.1) is 14.2 Å². The first-order valence-electron chi connectivity index (χ1n) is 10.2. The summed E-state index contributed by atoms with van der Waals surface area (Å²) in [4.78, 5) is 14.8. The first kappa shape index (κ1) is 21.0. The number of carbonyl (C=O) groups is 1. The van der Waals surface area contributed by atoms with E-state index in [1.54, 1.807) is 14.2 Å². The van der Waals surface area contributed by atoms with Gasteiger partial charge in [-0.15, -0.1) is 0 Å². The average Bonchev–Trinajstić information content (AvgIpc) is 3.27. The van der Waals surface area contributed by atoms with Crippen molar-refractivity contribution in [1.29, 1.82) is 0 Å². The number of benzene rings is 2. The highest BCUT2D eigenvalue weighted by Crippen LogP contribution is 2.24. The SMILES string of the molecule is COc1cc(CNC(C)CC(=O)Nc2cccc(N3CCCC3)c2)cc(OC)c1. The molecule has 1 aliphatic rings. The molecule has 0 radical (unpaired) electrons. The van der Waals surface area contributed by atoms with Crippen LogP contribution in [0.4, 0.5) is 11.4 Å². The van der Waals surface area contributed by atoms with Gasteiger partial charge in [0, 0.05) is 49.5 Å². The van der Waals surface area contributed by atoms with Gasteiger partial charge >= 0.3 is 0 Å². The van der Waals surface area contributed by atoms with Crippen molar-refractivity contribution in [2.45, 2.75) is 38.8 Å². The molecule has 156 valence electrons. The van der Waals surface area contributed by atoms with Gasteiger partial charge in [-0.3, -0.25) is 4.79 Å². The van der Waals surface area contributed by atoms with Crippen LogP contribution in [0, 0.1) is 0 Å². The largest absolute Gasteiger partial charge is 0.497 e. The van der Waals surface area contributed by atoms with E-state index < -0.39 is 0 Å². The maximum atomic E-state index is 12.5. The van der Waals surface area contributed by atoms with Crippen molar-refractivity contribution in [3.8, 4) is 11.5 Å². The summed E-state index contributed by atoms with van der Waals surface area (Å²) in [6.07, 6.45) is 2.87. The van der Waals surface area contributed by atoms with Gasteiger partial charge in [0.25, 0.3) is 0 Å². The molecule has 1 heterocycles. The Balaban J connectivity index is 1.50. The normalized spacial score (nSPS) is 14.5. The zero-order valence-electron chi connectivity index (χ0n) is 17.5. The van der Waals surface area contributed by atoms with E-state index in [2.05, 4.69) is 27.7 Å². The molecular formula is C23H31N3O3. The molecule has 1 saturated heterocycles. The summed E-state index contributed by atoms with van der Waals surface area (Å²) >= 11 is 0. The minimum atomic E-state index is 0.00629. The van der Waals surface area contributed by atoms with E-state index in [9.17, 15) is 4.79 Å². The second-order valence-electron chi connectivity index (χ2n) is 7.50. The van der Waals surface area contributed by atoms with Crippen LogP contribution in [0.1, 0.15) is 31.7 Å². The maximum Gasteiger partial charge on any atom is 0.225 e. The number of hydrogen-bond acceptors (Lipinski definition) is 5. The zero-order chi connectivity index (χ0) is 20.6. The van der Waals surface area contributed by atoms with E-state index in [1.807, 2.05) is 37.3 Å². The van der Waals surface area contributed by atoms with E-state index in [0.717, 1.165) is 35.8 Å². The third kappa shape index (κ3) is 6.12. The Morgan fingerprint density at radius 2 is 1.76 bits per heavy atom. The van der Waals surface area contributed by atoms with Crippen LogP contribution in [0.25, 0.3) is 0 Å². The lowest BCUT2D eigenvalue weighted by Crippen LogP contribution is -2.30. The molecule has 0 aromatic heterocycles. The Bertz CT molecular complexity index is 797. The Morgan fingerprint density at radius 3 is 2.41 bits per heavy atom. The van der Waals surface area contributed by atoms with Crippen LogP contribution in [-0.2, 0) is 11.3 Å². The number of carbonyl (C=O) groups excluding carboxylic acids is 1. The van der Waals surface area contributed by atoms with Gasteiger partial charge in [-0.1, -0.05) is 6.07 Å². The molecule has 6 nitrogen and oxygen atoms in total. The quantitative estimate of drug-likeness (QED) is 0.674. The standard InChI is InChI=1S/C23H31N3O3/c1-17(24-16-18-12-21(28-2)15-22(13-18)29-3)11-23(27)25-19-7-6-8-20(14-19)26-9-4-5-10-26/h6-8,12-15,17,24H,4-5,9-11,16H2,1-3H3,(H,25,27). The van der Waals surface area contributed by atoms with Crippen LogP contribution in [0.3, 0.4) is 0 Å². The van der Waals surface area contributed by atoms with Crippen molar-refractivity contribution in [3.63, 3.8) is 0 Å². The molecule has 1 aliphatic heterocycles. The van der Waals surface area contributed by atoms with Gasteiger partial charge in [0.1, 0.15) is 11.5 Å². The Kier molecular flexibility index (Phi) is 7.36. The number of ether oxygens (including phenoxy) is 2. The second kappa shape index (κ2) is 10.2. The Labute approximate surface area is 173 Å². The predicted octanol–water partition coefficient (Wildman–Crippen LogP) is 3.81. The molecule has 1 amide bonds. The molecule has 2 N–H and O–H groups in total. The highest BCUT2D eigenvalue weighted by Gasteiger charge is 2.14. The fourth-order valence-electron chi connectivity index (χ4n) is 3.58. The van der Waals surface area contributed by atoms with Crippen molar-refractivity contribution in [1.82, 2.24) is 5.32 Å².